The molecule has 0 bridgehead atoms. The highest BCUT2D eigenvalue weighted by atomic mass is 19.1. The van der Waals surface area contributed by atoms with E-state index in [4.69, 9.17) is 5.73 Å². The highest BCUT2D eigenvalue weighted by Crippen LogP contribution is 2.39. The largest absolute Gasteiger partial charge is 0.324 e. The number of aromatic amines is 1. The number of aryl methyl sites for hydroxylation is 1. The lowest BCUT2D eigenvalue weighted by Gasteiger charge is -2.14. The van der Waals surface area contributed by atoms with Gasteiger partial charge in [-0.05, 0) is 37.0 Å². The molecule has 0 radical (unpaired) electrons. The number of hydrogen-bond donors (Lipinski definition) is 3. The number of nitrogens with zero attached hydrogens (tertiary/aromatic N) is 3. The number of aromatic nitrogens is 3. The molecule has 6 nitrogen and oxygen atoms in total. The third-order valence-electron chi connectivity index (χ3n) is 5.33. The molecule has 0 aliphatic heterocycles. The van der Waals surface area contributed by atoms with E-state index in [-0.39, 0.29) is 10.9 Å². The maximum atomic E-state index is 15.5. The zero-order valence-corrected chi connectivity index (χ0v) is 16.3. The van der Waals surface area contributed by atoms with Gasteiger partial charge in [-0.1, -0.05) is 0 Å². The summed E-state index contributed by atoms with van der Waals surface area (Å²) in [4.78, 5) is 3.99. The van der Waals surface area contributed by atoms with Gasteiger partial charge in [0.05, 0.1) is 22.7 Å². The van der Waals surface area contributed by atoms with Crippen molar-refractivity contribution in [2.75, 3.05) is 14.1 Å². The highest BCUT2D eigenvalue weighted by molar-refractivity contribution is 5.92. The van der Waals surface area contributed by atoms with E-state index in [0.29, 0.717) is 35.2 Å². The second-order valence-electron chi connectivity index (χ2n) is 7.19. The van der Waals surface area contributed by atoms with Crippen LogP contribution < -0.4 is 11.2 Å². The minimum absolute atomic E-state index is 0.122. The fourth-order valence-electron chi connectivity index (χ4n) is 3.81. The number of nitrogens with one attached hydrogen (secondary N) is 2. The minimum Gasteiger partial charge on any atom is -0.324 e. The number of rotatable bonds is 4. The first kappa shape index (κ1) is 19.4. The van der Waals surface area contributed by atoms with E-state index in [1.54, 1.807) is 32.2 Å². The molecule has 0 amide bonds. The number of H-pyrrole nitrogens is 1. The molecule has 1 aliphatic carbocycles. The van der Waals surface area contributed by atoms with Gasteiger partial charge in [0.25, 0.3) is 0 Å². The molecule has 9 heteroatoms. The fourth-order valence-corrected chi connectivity index (χ4v) is 3.81. The Morgan fingerprint density at radius 2 is 2.10 bits per heavy atom. The number of benzene rings is 1. The van der Waals surface area contributed by atoms with Crippen LogP contribution in [0.3, 0.4) is 0 Å². The Hall–Kier alpha value is -2.91. The summed E-state index contributed by atoms with van der Waals surface area (Å²) in [5.74, 6) is -2.54. The Kier molecular flexibility index (Phi) is 4.79. The van der Waals surface area contributed by atoms with Crippen molar-refractivity contribution in [3.8, 4) is 11.3 Å². The van der Waals surface area contributed by atoms with Crippen molar-refractivity contribution >= 4 is 16.5 Å². The predicted molar refractivity (Wildman–Crippen MR) is 105 cm³/mol. The molecule has 1 aliphatic rings. The van der Waals surface area contributed by atoms with Gasteiger partial charge in [0.2, 0.25) is 0 Å². The molecule has 1 unspecified atom stereocenters. The summed E-state index contributed by atoms with van der Waals surface area (Å²) in [5, 5.41) is 8.68. The smallest absolute Gasteiger partial charge is 0.161 e. The van der Waals surface area contributed by atoms with E-state index in [2.05, 4.69) is 20.6 Å². The molecule has 4 rings (SSSR count). The van der Waals surface area contributed by atoms with Crippen LogP contribution >= 0.6 is 0 Å². The van der Waals surface area contributed by atoms with E-state index in [0.717, 1.165) is 0 Å². The highest BCUT2D eigenvalue weighted by Gasteiger charge is 2.30. The second kappa shape index (κ2) is 7.16. The van der Waals surface area contributed by atoms with E-state index in [9.17, 15) is 4.39 Å². The Labute approximate surface area is 165 Å². The number of hydrazine groups is 1. The number of allylic oxidation sites excluding steroid dienone is 1. The molecule has 152 valence electrons. The first-order chi connectivity index (χ1) is 13.8. The summed E-state index contributed by atoms with van der Waals surface area (Å²) in [6, 6.07) is 0.692. The van der Waals surface area contributed by atoms with Gasteiger partial charge in [-0.25, -0.2) is 18.6 Å². The molecule has 2 heterocycles. The number of hydrogen-bond acceptors (Lipinski definition) is 5. The third kappa shape index (κ3) is 3.06. The van der Waals surface area contributed by atoms with Crippen LogP contribution in [0, 0.1) is 17.5 Å². The maximum absolute atomic E-state index is 15.5. The predicted octanol–water partition coefficient (Wildman–Crippen LogP) is 3.42. The van der Waals surface area contributed by atoms with Gasteiger partial charge in [0.1, 0.15) is 23.0 Å². The van der Waals surface area contributed by atoms with E-state index in [1.807, 2.05) is 0 Å². The van der Waals surface area contributed by atoms with Gasteiger partial charge in [-0.3, -0.25) is 10.1 Å². The summed E-state index contributed by atoms with van der Waals surface area (Å²) in [5.41, 5.74) is 10.1. The van der Waals surface area contributed by atoms with E-state index >= 15 is 8.78 Å². The van der Waals surface area contributed by atoms with Gasteiger partial charge in [-0.2, -0.15) is 5.10 Å². The van der Waals surface area contributed by atoms with Gasteiger partial charge in [-0.15, -0.1) is 0 Å². The van der Waals surface area contributed by atoms with Crippen LogP contribution in [0.15, 0.2) is 18.5 Å². The van der Waals surface area contributed by atoms with Crippen molar-refractivity contribution in [3.05, 3.63) is 52.7 Å². The van der Waals surface area contributed by atoms with E-state index in [1.165, 1.54) is 12.3 Å². The standard InChI is InChI=1S/C20H21F3N6/c1-9(8-29(3)25-2)19-16-13(27-28-19)7-26-20(18(16)23)15-11(21)6-10-4-5-12(24)14(10)17(15)22/h6-8,12,25H,4-5,24H2,1-3H3,(H,27,28)/b9-8+. The lowest BCUT2D eigenvalue weighted by Crippen LogP contribution is -2.25. The zero-order valence-electron chi connectivity index (χ0n) is 16.3. The van der Waals surface area contributed by atoms with Crippen LogP contribution in [0.1, 0.15) is 36.2 Å². The van der Waals surface area contributed by atoms with Crippen molar-refractivity contribution in [3.63, 3.8) is 0 Å². The second-order valence-corrected chi connectivity index (χ2v) is 7.19. The Bertz CT molecular complexity index is 1140. The molecular weight excluding hydrogens is 381 g/mol. The average molecular weight is 402 g/mol. The summed E-state index contributed by atoms with van der Waals surface area (Å²) < 4.78 is 45.4. The number of fused-ring (bicyclic) bond motifs is 2. The molecule has 2 aromatic heterocycles. The van der Waals surface area contributed by atoms with Crippen LogP contribution in [0.4, 0.5) is 13.2 Å². The molecule has 4 N–H and O–H groups in total. The van der Waals surface area contributed by atoms with Crippen molar-refractivity contribution in [2.24, 2.45) is 5.73 Å². The SMILES string of the molecule is CNN(C)/C=C(\C)c1n[nH]c2cnc(-c3c(F)cc4c(c3F)C(N)CC4)c(F)c12. The van der Waals surface area contributed by atoms with Crippen LogP contribution in [-0.4, -0.2) is 34.3 Å². The molecular formula is C20H21F3N6. The molecule has 0 saturated heterocycles. The van der Waals surface area contributed by atoms with Crippen molar-refractivity contribution < 1.29 is 13.2 Å². The molecule has 1 aromatic carbocycles. The minimum atomic E-state index is -0.853. The summed E-state index contributed by atoms with van der Waals surface area (Å²) in [6.07, 6.45) is 4.07. The molecule has 0 spiro atoms. The van der Waals surface area contributed by atoms with Crippen LogP contribution in [-0.2, 0) is 6.42 Å². The number of pyridine rings is 1. The van der Waals surface area contributed by atoms with Gasteiger partial charge >= 0.3 is 0 Å². The summed E-state index contributed by atoms with van der Waals surface area (Å²) >= 11 is 0. The van der Waals surface area contributed by atoms with Gasteiger partial charge < -0.3 is 10.7 Å². The Morgan fingerprint density at radius 3 is 2.83 bits per heavy atom. The topological polar surface area (TPSA) is 82.9 Å². The van der Waals surface area contributed by atoms with E-state index < -0.39 is 34.8 Å². The van der Waals surface area contributed by atoms with Crippen LogP contribution in [0.2, 0.25) is 0 Å². The van der Waals surface area contributed by atoms with Crippen LogP contribution in [0.25, 0.3) is 27.7 Å². The van der Waals surface area contributed by atoms with Gasteiger partial charge in [0.15, 0.2) is 5.82 Å². The fraction of sp³-hybridized carbons (Fsp3) is 0.300. The third-order valence-corrected chi connectivity index (χ3v) is 5.33. The normalized spacial score (nSPS) is 16.5. The average Bonchev–Trinajstić information content (AvgIpc) is 3.27. The lowest BCUT2D eigenvalue weighted by atomic mass is 9.99. The maximum Gasteiger partial charge on any atom is 0.161 e. The molecule has 1 atom stereocenters. The quantitative estimate of drug-likeness (QED) is 0.583. The van der Waals surface area contributed by atoms with Gasteiger partial charge in [0, 0.05) is 31.9 Å². The summed E-state index contributed by atoms with van der Waals surface area (Å²) in [6.45, 7) is 1.76. The monoisotopic (exact) mass is 402 g/mol. The summed E-state index contributed by atoms with van der Waals surface area (Å²) in [7, 11) is 3.51. The van der Waals surface area contributed by atoms with Crippen molar-refractivity contribution in [1.29, 1.82) is 0 Å². The van der Waals surface area contributed by atoms with Crippen LogP contribution in [0.5, 0.6) is 0 Å². The zero-order chi connectivity index (χ0) is 20.9. The Morgan fingerprint density at radius 1 is 1.34 bits per heavy atom. The number of halogens is 3. The van der Waals surface area contributed by atoms with Crippen molar-refractivity contribution in [2.45, 2.75) is 25.8 Å². The molecule has 3 aromatic rings. The molecule has 29 heavy (non-hydrogen) atoms. The first-order valence-electron chi connectivity index (χ1n) is 9.21. The lowest BCUT2D eigenvalue weighted by molar-refractivity contribution is 0.366. The number of nitrogens with two attached hydrogens (primary N) is 1. The van der Waals surface area contributed by atoms with Crippen molar-refractivity contribution in [1.82, 2.24) is 25.6 Å². The molecule has 0 saturated carbocycles. The first-order valence-corrected chi connectivity index (χ1v) is 9.21. The molecule has 0 fully saturated rings. The Balaban J connectivity index is 1.94.